The summed E-state index contributed by atoms with van der Waals surface area (Å²) in [5.41, 5.74) is 0.393. The number of halogens is 2. The summed E-state index contributed by atoms with van der Waals surface area (Å²) < 4.78 is 25.1. The standard InChI is InChI=1S/C18H13Cl2NO4S2/c19-13-3-1-12(2-4-13)16(22)9-21-17(23)10-26-18(21)11-27(24,25)15-7-5-14(20)6-8-15/h1-8,11H,9-10H2/b18-11+. The summed E-state index contributed by atoms with van der Waals surface area (Å²) in [6, 6.07) is 12.0. The maximum atomic E-state index is 12.6. The van der Waals surface area contributed by atoms with Crippen molar-refractivity contribution in [2.45, 2.75) is 4.90 Å². The van der Waals surface area contributed by atoms with E-state index in [0.29, 0.717) is 15.6 Å². The van der Waals surface area contributed by atoms with Gasteiger partial charge in [-0.3, -0.25) is 14.5 Å². The Kier molecular flexibility index (Phi) is 5.95. The topological polar surface area (TPSA) is 71.5 Å². The highest BCUT2D eigenvalue weighted by Gasteiger charge is 2.30. The average molecular weight is 442 g/mol. The highest BCUT2D eigenvalue weighted by atomic mass is 35.5. The Labute approximate surface area is 170 Å². The Bertz CT molecular complexity index is 1020. The number of carbonyl (C=O) groups excluding carboxylic acids is 2. The Morgan fingerprint density at radius 3 is 2.19 bits per heavy atom. The first-order chi connectivity index (χ1) is 12.8. The fourth-order valence-corrected chi connectivity index (χ4v) is 5.07. The molecule has 9 heteroatoms. The molecule has 1 heterocycles. The summed E-state index contributed by atoms with van der Waals surface area (Å²) in [4.78, 5) is 25.8. The number of carbonyl (C=O) groups is 2. The van der Waals surface area contributed by atoms with Gasteiger partial charge in [-0.1, -0.05) is 35.0 Å². The summed E-state index contributed by atoms with van der Waals surface area (Å²) in [5.74, 6) is -0.548. The zero-order valence-corrected chi connectivity index (χ0v) is 16.9. The van der Waals surface area contributed by atoms with E-state index in [1.54, 1.807) is 24.3 Å². The normalized spacial score (nSPS) is 16.1. The van der Waals surface area contributed by atoms with Gasteiger partial charge in [0.25, 0.3) is 0 Å². The van der Waals surface area contributed by atoms with Crippen molar-refractivity contribution >= 4 is 56.5 Å². The van der Waals surface area contributed by atoms with Gasteiger partial charge in [-0.15, -0.1) is 0 Å². The van der Waals surface area contributed by atoms with Crippen molar-refractivity contribution in [1.29, 1.82) is 0 Å². The molecule has 1 aliphatic heterocycles. The van der Waals surface area contributed by atoms with E-state index in [9.17, 15) is 18.0 Å². The number of hydrogen-bond acceptors (Lipinski definition) is 5. The fourth-order valence-electron chi connectivity index (χ4n) is 2.37. The van der Waals surface area contributed by atoms with Crippen LogP contribution in [0, 0.1) is 0 Å². The van der Waals surface area contributed by atoms with Gasteiger partial charge in [0.05, 0.1) is 27.6 Å². The monoisotopic (exact) mass is 441 g/mol. The highest BCUT2D eigenvalue weighted by molar-refractivity contribution is 8.05. The minimum atomic E-state index is -3.79. The molecular weight excluding hydrogens is 429 g/mol. The molecule has 2 aromatic rings. The molecule has 2 aromatic carbocycles. The van der Waals surface area contributed by atoms with Crippen LogP contribution in [0.1, 0.15) is 10.4 Å². The first-order valence-corrected chi connectivity index (χ1v) is 11.0. The lowest BCUT2D eigenvalue weighted by Gasteiger charge is -2.16. The number of thioether (sulfide) groups is 1. The molecule has 0 atom stereocenters. The van der Waals surface area contributed by atoms with Crippen LogP contribution < -0.4 is 0 Å². The van der Waals surface area contributed by atoms with Crippen LogP contribution in [0.2, 0.25) is 10.0 Å². The largest absolute Gasteiger partial charge is 0.298 e. The third kappa shape index (κ3) is 4.73. The number of hydrogen-bond donors (Lipinski definition) is 0. The van der Waals surface area contributed by atoms with Crippen LogP contribution in [0.15, 0.2) is 63.9 Å². The van der Waals surface area contributed by atoms with E-state index in [1.165, 1.54) is 29.2 Å². The predicted octanol–water partition coefficient (Wildman–Crippen LogP) is 4.02. The molecule has 0 spiro atoms. The van der Waals surface area contributed by atoms with Gasteiger partial charge in [-0.25, -0.2) is 8.42 Å². The Balaban J connectivity index is 1.85. The Hall–Kier alpha value is -1.80. The van der Waals surface area contributed by atoms with Gasteiger partial charge in [0.2, 0.25) is 15.7 Å². The number of nitrogens with zero attached hydrogens (tertiary/aromatic N) is 1. The Morgan fingerprint density at radius 1 is 1.04 bits per heavy atom. The minimum absolute atomic E-state index is 0.0586. The van der Waals surface area contributed by atoms with Crippen molar-refractivity contribution in [2.24, 2.45) is 0 Å². The third-order valence-electron chi connectivity index (χ3n) is 3.78. The number of benzene rings is 2. The summed E-state index contributed by atoms with van der Waals surface area (Å²) in [7, 11) is -3.79. The van der Waals surface area contributed by atoms with Crippen LogP contribution in [0.25, 0.3) is 0 Å². The van der Waals surface area contributed by atoms with Crippen molar-refractivity contribution in [1.82, 2.24) is 4.90 Å². The second kappa shape index (κ2) is 8.06. The van der Waals surface area contributed by atoms with Crippen LogP contribution in [-0.2, 0) is 14.6 Å². The van der Waals surface area contributed by atoms with Gasteiger partial charge >= 0.3 is 0 Å². The third-order valence-corrected chi connectivity index (χ3v) is 6.92. The van der Waals surface area contributed by atoms with E-state index in [4.69, 9.17) is 23.2 Å². The number of amides is 1. The zero-order chi connectivity index (χ0) is 19.6. The lowest BCUT2D eigenvalue weighted by molar-refractivity contribution is -0.125. The highest BCUT2D eigenvalue weighted by Crippen LogP contribution is 2.31. The summed E-state index contributed by atoms with van der Waals surface area (Å²) in [6.45, 7) is -0.241. The number of sulfone groups is 1. The van der Waals surface area contributed by atoms with Crippen LogP contribution in [-0.4, -0.2) is 37.3 Å². The molecule has 3 rings (SSSR count). The number of ketones is 1. The van der Waals surface area contributed by atoms with E-state index >= 15 is 0 Å². The quantitative estimate of drug-likeness (QED) is 0.654. The molecule has 0 N–H and O–H groups in total. The van der Waals surface area contributed by atoms with Gasteiger partial charge in [-0.05, 0) is 48.5 Å². The van der Waals surface area contributed by atoms with Gasteiger partial charge < -0.3 is 0 Å². The lowest BCUT2D eigenvalue weighted by atomic mass is 10.1. The molecule has 1 fully saturated rings. The molecule has 5 nitrogen and oxygen atoms in total. The van der Waals surface area contributed by atoms with E-state index in [-0.39, 0.29) is 33.9 Å². The molecule has 0 bridgehead atoms. The molecule has 0 saturated carbocycles. The van der Waals surface area contributed by atoms with E-state index in [0.717, 1.165) is 17.2 Å². The van der Waals surface area contributed by atoms with Crippen molar-refractivity contribution < 1.29 is 18.0 Å². The van der Waals surface area contributed by atoms with Crippen LogP contribution in [0.3, 0.4) is 0 Å². The maximum absolute atomic E-state index is 12.6. The first-order valence-electron chi connectivity index (χ1n) is 7.70. The van der Waals surface area contributed by atoms with Gasteiger partial charge in [-0.2, -0.15) is 0 Å². The molecule has 140 valence electrons. The Morgan fingerprint density at radius 2 is 1.59 bits per heavy atom. The molecule has 1 aliphatic rings. The minimum Gasteiger partial charge on any atom is -0.298 e. The molecular formula is C18H13Cl2NO4S2. The predicted molar refractivity (Wildman–Crippen MR) is 107 cm³/mol. The zero-order valence-electron chi connectivity index (χ0n) is 13.8. The van der Waals surface area contributed by atoms with Crippen LogP contribution >= 0.6 is 35.0 Å². The fraction of sp³-hybridized carbons (Fsp3) is 0.111. The van der Waals surface area contributed by atoms with Crippen molar-refractivity contribution in [2.75, 3.05) is 12.3 Å². The van der Waals surface area contributed by atoms with Crippen molar-refractivity contribution in [3.05, 3.63) is 74.6 Å². The van der Waals surface area contributed by atoms with Gasteiger partial charge in [0, 0.05) is 15.6 Å². The van der Waals surface area contributed by atoms with E-state index in [1.807, 2.05) is 0 Å². The average Bonchev–Trinajstić information content (AvgIpc) is 2.95. The summed E-state index contributed by atoms with van der Waals surface area (Å²) in [6.07, 6.45) is 0. The lowest BCUT2D eigenvalue weighted by Crippen LogP contribution is -2.30. The molecule has 0 radical (unpaired) electrons. The molecule has 1 saturated heterocycles. The van der Waals surface area contributed by atoms with Gasteiger partial charge in [0.15, 0.2) is 5.78 Å². The summed E-state index contributed by atoms with van der Waals surface area (Å²) in [5, 5.41) is 2.15. The maximum Gasteiger partial charge on any atom is 0.238 e. The second-order valence-corrected chi connectivity index (χ2v) is 9.32. The summed E-state index contributed by atoms with van der Waals surface area (Å²) >= 11 is 12.7. The molecule has 0 unspecified atom stereocenters. The number of rotatable bonds is 5. The van der Waals surface area contributed by atoms with E-state index in [2.05, 4.69) is 0 Å². The SMILES string of the molecule is O=C(CN1C(=O)CS/C1=C/S(=O)(=O)c1ccc(Cl)cc1)c1ccc(Cl)cc1. The van der Waals surface area contributed by atoms with Gasteiger partial charge in [0.1, 0.15) is 0 Å². The van der Waals surface area contributed by atoms with Crippen LogP contribution in [0.5, 0.6) is 0 Å². The smallest absolute Gasteiger partial charge is 0.238 e. The molecule has 0 aliphatic carbocycles. The molecule has 1 amide bonds. The van der Waals surface area contributed by atoms with E-state index < -0.39 is 9.84 Å². The molecule has 27 heavy (non-hydrogen) atoms. The van der Waals surface area contributed by atoms with Crippen molar-refractivity contribution in [3.8, 4) is 0 Å². The second-order valence-electron chi connectivity index (χ2n) is 5.65. The number of Topliss-reactive ketones (excluding diaryl/α,β-unsaturated/α-hetero) is 1. The van der Waals surface area contributed by atoms with Crippen molar-refractivity contribution in [3.63, 3.8) is 0 Å². The molecule has 0 aromatic heterocycles. The van der Waals surface area contributed by atoms with Crippen LogP contribution in [0.4, 0.5) is 0 Å². The first kappa shape index (κ1) is 19.9.